The molecule has 3 aromatic rings. The van der Waals surface area contributed by atoms with Gasteiger partial charge in [-0.1, -0.05) is 54.1 Å². The molecule has 0 aliphatic heterocycles. The molecule has 156 valence electrons. The van der Waals surface area contributed by atoms with Crippen LogP contribution in [-0.2, 0) is 23.1 Å². The molecule has 0 aromatic heterocycles. The first-order chi connectivity index (χ1) is 14.3. The van der Waals surface area contributed by atoms with E-state index in [4.69, 9.17) is 11.6 Å². The first-order valence-corrected chi connectivity index (χ1v) is 10.9. The normalized spacial score (nSPS) is 11.1. The summed E-state index contributed by atoms with van der Waals surface area (Å²) in [5.74, 6) is -0.745. The van der Waals surface area contributed by atoms with Gasteiger partial charge in [0.05, 0.1) is 4.90 Å². The number of rotatable bonds is 7. The minimum Gasteiger partial charge on any atom is -0.759 e. The Labute approximate surface area is 209 Å². The van der Waals surface area contributed by atoms with Crippen molar-refractivity contribution in [1.82, 2.24) is 9.79 Å². The minimum atomic E-state index is -3.85. The quantitative estimate of drug-likeness (QED) is 0.419. The van der Waals surface area contributed by atoms with Crippen molar-refractivity contribution < 1.29 is 42.8 Å². The second-order valence-corrected chi connectivity index (χ2v) is 9.16. The number of hydroxylamine groups is 1. The van der Waals surface area contributed by atoms with Crippen molar-refractivity contribution in [3.05, 3.63) is 105 Å². The van der Waals surface area contributed by atoms with Crippen LogP contribution in [0.2, 0.25) is 5.02 Å². The average molecular weight is 467 g/mol. The van der Waals surface area contributed by atoms with Crippen molar-refractivity contribution in [2.75, 3.05) is 0 Å². The summed E-state index contributed by atoms with van der Waals surface area (Å²) >= 11 is 6.02. The van der Waals surface area contributed by atoms with E-state index >= 15 is 0 Å². The van der Waals surface area contributed by atoms with E-state index < -0.39 is 15.9 Å². The molecule has 6 nitrogen and oxygen atoms in total. The fourth-order valence-electron chi connectivity index (χ4n) is 3.00. The van der Waals surface area contributed by atoms with Gasteiger partial charge in [0.15, 0.2) is 0 Å². The van der Waals surface area contributed by atoms with Gasteiger partial charge in [-0.15, -0.1) is 0 Å². The summed E-state index contributed by atoms with van der Waals surface area (Å²) in [5, 5.41) is 10.9. The van der Waals surface area contributed by atoms with Crippen molar-refractivity contribution in [1.29, 1.82) is 0 Å². The van der Waals surface area contributed by atoms with E-state index in [0.29, 0.717) is 10.6 Å². The van der Waals surface area contributed by atoms with Gasteiger partial charge in [-0.05, 0) is 53.9 Å². The van der Waals surface area contributed by atoms with Gasteiger partial charge in [0.25, 0.3) is 0 Å². The van der Waals surface area contributed by atoms with Crippen LogP contribution in [0.4, 0.5) is 0 Å². The second kappa shape index (κ2) is 11.2. The Balaban J connectivity index is 0.00000341. The maximum absolute atomic E-state index is 13.4. The summed E-state index contributed by atoms with van der Waals surface area (Å²) in [7, 11) is -3.85. The third-order valence-electron chi connectivity index (χ3n) is 4.71. The predicted octanol–water partition coefficient (Wildman–Crippen LogP) is 1.27. The summed E-state index contributed by atoms with van der Waals surface area (Å²) in [6, 6.07) is 19.9. The maximum Gasteiger partial charge on any atom is 1.00 e. The van der Waals surface area contributed by atoms with Crippen LogP contribution in [0.1, 0.15) is 27.0 Å². The minimum absolute atomic E-state index is 0. The van der Waals surface area contributed by atoms with Crippen LogP contribution in [0.15, 0.2) is 77.7 Å². The topological polar surface area (TPSA) is 89.5 Å². The molecule has 1 amide bonds. The average Bonchev–Trinajstić information content (AvgIpc) is 2.74. The molecule has 0 heterocycles. The SMILES string of the molecule is Cc1ccccc1CN(Cc1ccc(C(=O)N[O-])cc1)S(=O)(=O)c1cccc(Cl)c1.[Na+]. The predicted molar refractivity (Wildman–Crippen MR) is 116 cm³/mol. The molecule has 0 radical (unpaired) electrons. The third kappa shape index (κ3) is 6.40. The fraction of sp³-hybridized carbons (Fsp3) is 0.136. The Bertz CT molecular complexity index is 1150. The van der Waals surface area contributed by atoms with Crippen molar-refractivity contribution in [2.45, 2.75) is 24.9 Å². The Morgan fingerprint density at radius 3 is 2.29 bits per heavy atom. The fourth-order valence-corrected chi connectivity index (χ4v) is 4.71. The number of carbonyl (C=O) groups excluding carboxylic acids is 1. The van der Waals surface area contributed by atoms with E-state index in [2.05, 4.69) is 0 Å². The molecule has 3 rings (SSSR count). The molecule has 0 atom stereocenters. The summed E-state index contributed by atoms with van der Waals surface area (Å²) in [6.07, 6.45) is 0. The monoisotopic (exact) mass is 466 g/mol. The molecular formula is C22H20ClN2NaO4S. The number of amides is 1. The molecule has 0 aliphatic rings. The van der Waals surface area contributed by atoms with Crippen LogP contribution >= 0.6 is 11.6 Å². The van der Waals surface area contributed by atoms with Gasteiger partial charge < -0.3 is 10.7 Å². The molecule has 0 bridgehead atoms. The van der Waals surface area contributed by atoms with E-state index in [1.807, 2.05) is 31.2 Å². The number of carbonyl (C=O) groups is 1. The first-order valence-electron chi connectivity index (χ1n) is 9.13. The standard InChI is InChI=1S/C22H20ClN2O4S.Na/c1-16-5-2-3-6-19(16)15-25(30(28,29)21-8-4-7-20(23)13-21)14-17-9-11-18(12-10-17)22(26)24-27;/h2-13H,14-15H2,1H3,(H-,24,26,27);/q-1;+1. The van der Waals surface area contributed by atoms with Crippen molar-refractivity contribution >= 4 is 27.5 Å². The largest absolute Gasteiger partial charge is 1.00 e. The van der Waals surface area contributed by atoms with Crippen LogP contribution in [0.3, 0.4) is 0 Å². The van der Waals surface area contributed by atoms with E-state index in [1.165, 1.54) is 34.1 Å². The van der Waals surface area contributed by atoms with Gasteiger partial charge >= 0.3 is 29.6 Å². The van der Waals surface area contributed by atoms with Crippen LogP contribution in [0.25, 0.3) is 0 Å². The molecule has 0 saturated carbocycles. The number of hydrogen-bond donors (Lipinski definition) is 1. The van der Waals surface area contributed by atoms with Crippen LogP contribution in [0, 0.1) is 12.1 Å². The maximum atomic E-state index is 13.4. The van der Waals surface area contributed by atoms with Crippen molar-refractivity contribution in [3.63, 3.8) is 0 Å². The Kier molecular flexibility index (Phi) is 9.27. The first kappa shape index (κ1) is 25.5. The Morgan fingerprint density at radius 2 is 1.68 bits per heavy atom. The van der Waals surface area contributed by atoms with E-state index in [1.54, 1.807) is 24.3 Å². The zero-order valence-corrected chi connectivity index (χ0v) is 20.8. The van der Waals surface area contributed by atoms with Gasteiger partial charge in [-0.3, -0.25) is 4.79 Å². The van der Waals surface area contributed by atoms with E-state index in [0.717, 1.165) is 11.1 Å². The summed E-state index contributed by atoms with van der Waals surface area (Å²) < 4.78 is 28.1. The molecule has 0 unspecified atom stereocenters. The second-order valence-electron chi connectivity index (χ2n) is 6.79. The third-order valence-corrected chi connectivity index (χ3v) is 6.73. The zero-order valence-electron chi connectivity index (χ0n) is 17.2. The van der Waals surface area contributed by atoms with Gasteiger partial charge in [-0.25, -0.2) is 8.42 Å². The van der Waals surface area contributed by atoms with Gasteiger partial charge in [0, 0.05) is 23.7 Å². The molecule has 31 heavy (non-hydrogen) atoms. The van der Waals surface area contributed by atoms with E-state index in [-0.39, 0.29) is 53.1 Å². The van der Waals surface area contributed by atoms with E-state index in [9.17, 15) is 18.4 Å². The van der Waals surface area contributed by atoms with Gasteiger partial charge in [0.1, 0.15) is 0 Å². The number of hydrogen-bond acceptors (Lipinski definition) is 4. The van der Waals surface area contributed by atoms with Crippen LogP contribution in [-0.4, -0.2) is 18.6 Å². The smallest absolute Gasteiger partial charge is 0.759 e. The van der Waals surface area contributed by atoms with Crippen molar-refractivity contribution in [2.24, 2.45) is 0 Å². The number of aryl methyl sites for hydroxylation is 1. The van der Waals surface area contributed by atoms with Gasteiger partial charge in [-0.2, -0.15) is 4.31 Å². The number of sulfonamides is 1. The molecule has 0 fully saturated rings. The van der Waals surface area contributed by atoms with Crippen molar-refractivity contribution in [3.8, 4) is 0 Å². The van der Waals surface area contributed by atoms with Crippen LogP contribution < -0.4 is 35.0 Å². The molecular weight excluding hydrogens is 447 g/mol. The molecule has 3 aromatic carbocycles. The molecule has 0 saturated heterocycles. The summed E-state index contributed by atoms with van der Waals surface area (Å²) in [4.78, 5) is 11.6. The number of nitrogens with one attached hydrogen (secondary N) is 1. The number of nitrogens with zero attached hydrogens (tertiary/aromatic N) is 1. The Morgan fingerprint density at radius 1 is 1.00 bits per heavy atom. The molecule has 0 spiro atoms. The number of halogens is 1. The number of benzene rings is 3. The summed E-state index contributed by atoms with van der Waals surface area (Å²) in [6.45, 7) is 2.18. The molecule has 0 aliphatic carbocycles. The summed E-state index contributed by atoms with van der Waals surface area (Å²) in [5.41, 5.74) is 4.06. The zero-order chi connectivity index (χ0) is 21.7. The molecule has 9 heteroatoms. The Hall–Kier alpha value is -1.71. The van der Waals surface area contributed by atoms with Gasteiger partial charge in [0.2, 0.25) is 15.9 Å². The van der Waals surface area contributed by atoms with Crippen LogP contribution in [0.5, 0.6) is 0 Å². The molecule has 1 N–H and O–H groups in total.